The Bertz CT molecular complexity index is 996. The van der Waals surface area contributed by atoms with E-state index in [1.165, 1.54) is 4.90 Å². The van der Waals surface area contributed by atoms with Crippen molar-refractivity contribution in [1.29, 1.82) is 0 Å². The summed E-state index contributed by atoms with van der Waals surface area (Å²) in [6.45, 7) is 3.62. The van der Waals surface area contributed by atoms with E-state index in [1.54, 1.807) is 31.0 Å². The van der Waals surface area contributed by atoms with E-state index in [0.717, 1.165) is 5.56 Å². The zero-order chi connectivity index (χ0) is 23.5. The van der Waals surface area contributed by atoms with Crippen molar-refractivity contribution in [2.45, 2.75) is 38.6 Å². The fourth-order valence-electron chi connectivity index (χ4n) is 3.45. The first kappa shape index (κ1) is 23.5. The number of aliphatic hydroxyl groups excluding tert-OH is 1. The van der Waals surface area contributed by atoms with Crippen LogP contribution in [0.15, 0.2) is 29.5 Å². The van der Waals surface area contributed by atoms with Gasteiger partial charge < -0.3 is 24.6 Å². The topological polar surface area (TPSA) is 112 Å². The Morgan fingerprint density at radius 2 is 2.03 bits per heavy atom. The van der Waals surface area contributed by atoms with E-state index in [0.29, 0.717) is 24.4 Å². The molecule has 174 valence electrons. The van der Waals surface area contributed by atoms with Gasteiger partial charge >= 0.3 is 12.3 Å². The highest BCUT2D eigenvalue weighted by atomic mass is 19.4. The standard InChI is InChI=1S/C20H24F3N5O4/c1-12-5-14(7-24-17(12)30)6-13(2)32-19(31)27-3-4-28(16(10-27)11-29)18-25-8-15(9-26-18)20(21,22)23/h5,7-9,13,16,29H,3-4,6,10-11H2,1-2H3,(H,24,30)/t13-,16-/m0/s1. The molecule has 32 heavy (non-hydrogen) atoms. The van der Waals surface area contributed by atoms with E-state index in [9.17, 15) is 27.9 Å². The lowest BCUT2D eigenvalue weighted by Gasteiger charge is -2.40. The number of anilines is 1. The molecule has 3 rings (SSSR count). The molecule has 0 unspecified atom stereocenters. The van der Waals surface area contributed by atoms with Gasteiger partial charge in [-0.1, -0.05) is 0 Å². The fourth-order valence-corrected chi connectivity index (χ4v) is 3.45. The number of rotatable bonds is 5. The summed E-state index contributed by atoms with van der Waals surface area (Å²) in [7, 11) is 0. The maximum absolute atomic E-state index is 12.7. The van der Waals surface area contributed by atoms with Gasteiger partial charge in [-0.05, 0) is 25.5 Å². The predicted molar refractivity (Wildman–Crippen MR) is 108 cm³/mol. The molecule has 2 N–H and O–H groups in total. The zero-order valence-corrected chi connectivity index (χ0v) is 17.6. The molecule has 2 aromatic rings. The minimum atomic E-state index is -4.54. The van der Waals surface area contributed by atoms with E-state index in [4.69, 9.17) is 4.74 Å². The number of nitrogens with zero attached hydrogens (tertiary/aromatic N) is 4. The summed E-state index contributed by atoms with van der Waals surface area (Å²) in [5, 5.41) is 9.75. The van der Waals surface area contributed by atoms with Crippen molar-refractivity contribution < 1.29 is 27.8 Å². The van der Waals surface area contributed by atoms with E-state index in [2.05, 4.69) is 15.0 Å². The summed E-state index contributed by atoms with van der Waals surface area (Å²) < 4.78 is 43.6. The third kappa shape index (κ3) is 5.55. The maximum Gasteiger partial charge on any atom is 0.419 e. The van der Waals surface area contributed by atoms with E-state index >= 15 is 0 Å². The second-order valence-electron chi connectivity index (χ2n) is 7.66. The van der Waals surface area contributed by atoms with E-state index < -0.39 is 30.0 Å². The molecule has 1 aliphatic rings. The number of aliphatic hydroxyl groups is 1. The number of amides is 1. The highest BCUT2D eigenvalue weighted by Gasteiger charge is 2.34. The maximum atomic E-state index is 12.7. The third-order valence-corrected chi connectivity index (χ3v) is 5.15. The second kappa shape index (κ2) is 9.55. The average Bonchev–Trinajstić information content (AvgIpc) is 2.75. The predicted octanol–water partition coefficient (Wildman–Crippen LogP) is 1.74. The van der Waals surface area contributed by atoms with Crippen LogP contribution < -0.4 is 10.5 Å². The number of carbonyl (C=O) groups excluding carboxylic acids is 1. The molecule has 0 radical (unpaired) electrons. The van der Waals surface area contributed by atoms with Crippen LogP contribution in [-0.2, 0) is 17.3 Å². The second-order valence-corrected chi connectivity index (χ2v) is 7.66. The number of hydrogen-bond acceptors (Lipinski definition) is 7. The molecule has 1 aliphatic heterocycles. The molecule has 0 aliphatic carbocycles. The van der Waals surface area contributed by atoms with Crippen molar-refractivity contribution >= 4 is 12.0 Å². The number of ether oxygens (including phenoxy) is 1. The first-order chi connectivity index (χ1) is 15.1. The lowest BCUT2D eigenvalue weighted by atomic mass is 10.1. The molecular weight excluding hydrogens is 431 g/mol. The summed E-state index contributed by atoms with van der Waals surface area (Å²) in [5.74, 6) is 0.0480. The zero-order valence-electron chi connectivity index (χ0n) is 17.6. The number of carbonyl (C=O) groups is 1. The average molecular weight is 455 g/mol. The van der Waals surface area contributed by atoms with Gasteiger partial charge in [0.15, 0.2) is 0 Å². The third-order valence-electron chi connectivity index (χ3n) is 5.15. The van der Waals surface area contributed by atoms with Crippen LogP contribution in [-0.4, -0.2) is 69.4 Å². The van der Waals surface area contributed by atoms with Crippen LogP contribution in [0.1, 0.15) is 23.6 Å². The van der Waals surface area contributed by atoms with Crippen LogP contribution in [0.25, 0.3) is 0 Å². The van der Waals surface area contributed by atoms with Gasteiger partial charge in [-0.3, -0.25) is 4.79 Å². The number of nitrogens with one attached hydrogen (secondary N) is 1. The molecule has 1 saturated heterocycles. The molecule has 3 heterocycles. The Kier molecular flexibility index (Phi) is 7.02. The molecule has 2 atom stereocenters. The van der Waals surface area contributed by atoms with Crippen LogP contribution in [0.5, 0.6) is 0 Å². The summed E-state index contributed by atoms with van der Waals surface area (Å²) in [6.07, 6.45) is -2.20. The Balaban J connectivity index is 1.59. The number of H-pyrrole nitrogens is 1. The first-order valence-electron chi connectivity index (χ1n) is 9.99. The quantitative estimate of drug-likeness (QED) is 0.707. The van der Waals surface area contributed by atoms with Gasteiger partial charge in [0, 0.05) is 50.2 Å². The van der Waals surface area contributed by atoms with Gasteiger partial charge in [0.05, 0.1) is 18.2 Å². The number of piperazine rings is 1. The van der Waals surface area contributed by atoms with Crippen LogP contribution in [0.3, 0.4) is 0 Å². The van der Waals surface area contributed by atoms with Crippen LogP contribution >= 0.6 is 0 Å². The molecule has 0 aromatic carbocycles. The van der Waals surface area contributed by atoms with Gasteiger partial charge in [-0.25, -0.2) is 14.8 Å². The highest BCUT2D eigenvalue weighted by Crippen LogP contribution is 2.28. The number of aromatic nitrogens is 3. The summed E-state index contributed by atoms with van der Waals surface area (Å²) in [6, 6.07) is 1.14. The fraction of sp³-hybridized carbons (Fsp3) is 0.500. The minimum absolute atomic E-state index is 0.0480. The normalized spacial score (nSPS) is 17.9. The molecule has 0 bridgehead atoms. The molecule has 2 aromatic heterocycles. The summed E-state index contributed by atoms with van der Waals surface area (Å²) >= 11 is 0. The van der Waals surface area contributed by atoms with Gasteiger partial charge in [0.2, 0.25) is 5.95 Å². The van der Waals surface area contributed by atoms with Gasteiger partial charge in [-0.15, -0.1) is 0 Å². The largest absolute Gasteiger partial charge is 0.446 e. The number of alkyl halides is 3. The van der Waals surface area contributed by atoms with Crippen LogP contribution in [0.4, 0.5) is 23.9 Å². The van der Waals surface area contributed by atoms with Crippen molar-refractivity contribution in [3.63, 3.8) is 0 Å². The number of aromatic amines is 1. The SMILES string of the molecule is Cc1cc(C[C@H](C)OC(=O)N2CCN(c3ncc(C(F)(F)F)cn3)[C@H](CO)C2)c[nH]c1=O. The van der Waals surface area contributed by atoms with Crippen LogP contribution in [0, 0.1) is 6.92 Å². The minimum Gasteiger partial charge on any atom is -0.446 e. The number of halogens is 3. The lowest BCUT2D eigenvalue weighted by molar-refractivity contribution is -0.138. The Hall–Kier alpha value is -3.15. The smallest absolute Gasteiger partial charge is 0.419 e. The van der Waals surface area contributed by atoms with Crippen LogP contribution in [0.2, 0.25) is 0 Å². The highest BCUT2D eigenvalue weighted by molar-refractivity contribution is 5.68. The lowest BCUT2D eigenvalue weighted by Crippen LogP contribution is -2.57. The summed E-state index contributed by atoms with van der Waals surface area (Å²) in [4.78, 5) is 37.2. The van der Waals surface area contributed by atoms with Crippen molar-refractivity contribution in [3.05, 3.63) is 51.7 Å². The van der Waals surface area contributed by atoms with E-state index in [-0.39, 0.29) is 37.7 Å². The monoisotopic (exact) mass is 455 g/mol. The molecule has 1 fully saturated rings. The molecular formula is C20H24F3N5O4. The Morgan fingerprint density at radius 3 is 2.62 bits per heavy atom. The van der Waals surface area contributed by atoms with E-state index in [1.807, 2.05) is 0 Å². The molecule has 9 nitrogen and oxygen atoms in total. The van der Waals surface area contributed by atoms with Gasteiger partial charge in [0.1, 0.15) is 6.10 Å². The molecule has 1 amide bonds. The number of hydrogen-bond donors (Lipinski definition) is 2. The summed E-state index contributed by atoms with van der Waals surface area (Å²) in [5.41, 5.74) is 0.243. The molecule has 12 heteroatoms. The number of pyridine rings is 1. The molecule has 0 spiro atoms. The Labute approximate surface area is 181 Å². The Morgan fingerprint density at radius 1 is 1.34 bits per heavy atom. The van der Waals surface area contributed by atoms with Gasteiger partial charge in [0.25, 0.3) is 5.56 Å². The molecule has 0 saturated carbocycles. The van der Waals surface area contributed by atoms with Crippen molar-refractivity contribution in [2.75, 3.05) is 31.1 Å². The van der Waals surface area contributed by atoms with Crippen molar-refractivity contribution in [3.8, 4) is 0 Å². The number of aryl methyl sites for hydroxylation is 1. The van der Waals surface area contributed by atoms with Gasteiger partial charge in [-0.2, -0.15) is 13.2 Å². The first-order valence-corrected chi connectivity index (χ1v) is 9.99. The van der Waals surface area contributed by atoms with Crippen molar-refractivity contribution in [1.82, 2.24) is 19.9 Å². The van der Waals surface area contributed by atoms with Crippen molar-refractivity contribution in [2.24, 2.45) is 0 Å².